The lowest BCUT2D eigenvalue weighted by Crippen LogP contribution is -2.48. The Labute approximate surface area is 228 Å². The molecule has 2 unspecified atom stereocenters. The molecule has 0 saturated carbocycles. The van der Waals surface area contributed by atoms with E-state index in [-0.39, 0.29) is 17.7 Å². The van der Waals surface area contributed by atoms with Crippen molar-refractivity contribution in [3.05, 3.63) is 47.5 Å². The molecule has 3 aliphatic heterocycles. The number of thioether (sulfide) groups is 1. The number of aryl methyl sites for hydroxylation is 1. The average Bonchev–Trinajstić information content (AvgIpc) is 3.69. The molecule has 1 aliphatic carbocycles. The molecule has 1 fully saturated rings. The molecule has 2 N–H and O–H groups in total. The van der Waals surface area contributed by atoms with Gasteiger partial charge in [0.25, 0.3) is 5.91 Å². The van der Waals surface area contributed by atoms with Crippen LogP contribution in [-0.2, 0) is 27.2 Å². The van der Waals surface area contributed by atoms with Crippen molar-refractivity contribution in [2.45, 2.75) is 51.5 Å². The maximum Gasteiger partial charge on any atom is 0.252 e. The molecule has 0 spiro atoms. The third kappa shape index (κ3) is 6.23. The molecular weight excluding hydrogens is 500 g/mol. The van der Waals surface area contributed by atoms with Crippen LogP contribution in [0, 0.1) is 5.92 Å². The van der Waals surface area contributed by atoms with Crippen LogP contribution < -0.4 is 5.32 Å². The van der Waals surface area contributed by atoms with Gasteiger partial charge in [-0.05, 0) is 37.5 Å². The summed E-state index contributed by atoms with van der Waals surface area (Å²) in [6.07, 6.45) is 10.5. The topological polar surface area (TPSA) is 103 Å². The Kier molecular flexibility index (Phi) is 8.68. The van der Waals surface area contributed by atoms with E-state index in [0.29, 0.717) is 31.0 Å². The molecule has 204 valence electrons. The smallest absolute Gasteiger partial charge is 0.252 e. The van der Waals surface area contributed by atoms with Crippen LogP contribution >= 0.6 is 11.8 Å². The van der Waals surface area contributed by atoms with E-state index in [9.17, 15) is 9.59 Å². The van der Waals surface area contributed by atoms with E-state index >= 15 is 0 Å². The SMILES string of the molecule is C=CCc1nc(NC(=O)C2CSC(C3C=CC4=C(CCO4)C3)=N2)[nH]c1CCCC(=O)N1CCN(CC)CC1. The van der Waals surface area contributed by atoms with E-state index < -0.39 is 6.04 Å². The molecule has 0 aromatic carbocycles. The minimum Gasteiger partial charge on any atom is -0.493 e. The molecule has 1 saturated heterocycles. The van der Waals surface area contributed by atoms with Crippen molar-refractivity contribution in [3.8, 4) is 0 Å². The fourth-order valence-corrected chi connectivity index (χ4v) is 6.55. The van der Waals surface area contributed by atoms with E-state index in [4.69, 9.17) is 9.73 Å². The van der Waals surface area contributed by atoms with Gasteiger partial charge >= 0.3 is 0 Å². The summed E-state index contributed by atoms with van der Waals surface area (Å²) in [6.45, 7) is 11.3. The number of H-pyrrole nitrogens is 1. The van der Waals surface area contributed by atoms with Gasteiger partial charge in [0.05, 0.1) is 17.3 Å². The lowest BCUT2D eigenvalue weighted by Gasteiger charge is -2.34. The van der Waals surface area contributed by atoms with Gasteiger partial charge in [-0.2, -0.15) is 0 Å². The maximum absolute atomic E-state index is 13.0. The van der Waals surface area contributed by atoms with Crippen LogP contribution in [0.1, 0.15) is 44.0 Å². The number of hydrogen-bond donors (Lipinski definition) is 2. The quantitative estimate of drug-likeness (QED) is 0.443. The molecular formula is C28H38N6O3S. The number of nitrogens with one attached hydrogen (secondary N) is 2. The van der Waals surface area contributed by atoms with Crippen LogP contribution in [-0.4, -0.2) is 87.8 Å². The van der Waals surface area contributed by atoms with Crippen LogP contribution in [0.4, 0.5) is 5.95 Å². The fraction of sp³-hybridized carbons (Fsp3) is 0.571. The van der Waals surface area contributed by atoms with E-state index in [2.05, 4.69) is 45.8 Å². The summed E-state index contributed by atoms with van der Waals surface area (Å²) in [5.41, 5.74) is 3.16. The van der Waals surface area contributed by atoms with Crippen LogP contribution in [0.15, 0.2) is 41.1 Å². The minimum atomic E-state index is -0.430. The number of aromatic amines is 1. The van der Waals surface area contributed by atoms with Crippen molar-refractivity contribution < 1.29 is 14.3 Å². The molecule has 4 heterocycles. The first kappa shape index (κ1) is 26.7. The number of imidazole rings is 1. The minimum absolute atomic E-state index is 0.150. The first-order valence-electron chi connectivity index (χ1n) is 13.8. The Morgan fingerprint density at radius 2 is 2.16 bits per heavy atom. The number of hydrogen-bond acceptors (Lipinski definition) is 7. The normalized spacial score (nSPS) is 23.3. The highest BCUT2D eigenvalue weighted by Gasteiger charge is 2.32. The Bertz CT molecular complexity index is 1150. The number of piperazine rings is 1. The van der Waals surface area contributed by atoms with Crippen LogP contribution in [0.3, 0.4) is 0 Å². The number of nitrogens with zero attached hydrogens (tertiary/aromatic N) is 4. The summed E-state index contributed by atoms with van der Waals surface area (Å²) < 4.78 is 5.64. The Balaban J connectivity index is 1.13. The van der Waals surface area contributed by atoms with Gasteiger partial charge in [0.1, 0.15) is 11.8 Å². The fourth-order valence-electron chi connectivity index (χ4n) is 5.42. The third-order valence-corrected chi connectivity index (χ3v) is 8.87. The Hall–Kier alpha value is -2.85. The number of allylic oxidation sites excluding steroid dienone is 3. The number of likely N-dealkylation sites (N-methyl/N-ethyl adjacent to an activating group) is 1. The average molecular weight is 539 g/mol. The number of anilines is 1. The van der Waals surface area contributed by atoms with Crippen molar-refractivity contribution in [1.29, 1.82) is 0 Å². The predicted molar refractivity (Wildman–Crippen MR) is 151 cm³/mol. The summed E-state index contributed by atoms with van der Waals surface area (Å²) in [4.78, 5) is 42.7. The van der Waals surface area contributed by atoms with Crippen LogP contribution in [0.5, 0.6) is 0 Å². The first-order valence-corrected chi connectivity index (χ1v) is 14.8. The number of rotatable bonds is 10. The van der Waals surface area contributed by atoms with Gasteiger partial charge in [-0.25, -0.2) is 4.98 Å². The highest BCUT2D eigenvalue weighted by atomic mass is 32.2. The number of carbonyl (C=O) groups excluding carboxylic acids is 2. The van der Waals surface area contributed by atoms with Gasteiger partial charge in [-0.15, -0.1) is 18.3 Å². The zero-order valence-corrected chi connectivity index (χ0v) is 23.0. The second kappa shape index (κ2) is 12.3. The van der Waals surface area contributed by atoms with Gasteiger partial charge in [-0.1, -0.05) is 19.1 Å². The lowest BCUT2D eigenvalue weighted by atomic mass is 9.93. The molecule has 1 aromatic heterocycles. The second-order valence-corrected chi connectivity index (χ2v) is 11.2. The summed E-state index contributed by atoms with van der Waals surface area (Å²) in [5.74, 6) is 2.38. The summed E-state index contributed by atoms with van der Waals surface area (Å²) in [6, 6.07) is -0.430. The highest BCUT2D eigenvalue weighted by molar-refractivity contribution is 8.14. The van der Waals surface area contributed by atoms with E-state index in [0.717, 1.165) is 80.8 Å². The standard InChI is InChI=1S/C28H38N6O3S/c1-3-6-21-22(7-5-8-25(35)34-14-12-33(4-2)13-15-34)31-28(30-21)32-26(36)23-18-38-27(29-23)20-9-10-24-19(17-20)11-16-37-24/h3,9-10,20,23H,1,4-8,11-18H2,2H3,(H2,30,31,32,36). The second-order valence-electron chi connectivity index (χ2n) is 10.2. The van der Waals surface area contributed by atoms with Gasteiger partial charge in [-0.3, -0.25) is 19.9 Å². The molecule has 10 heteroatoms. The van der Waals surface area contributed by atoms with Gasteiger partial charge in [0, 0.05) is 62.8 Å². The molecule has 9 nitrogen and oxygen atoms in total. The number of amides is 2. The van der Waals surface area contributed by atoms with E-state index in [1.807, 2.05) is 11.0 Å². The van der Waals surface area contributed by atoms with Crippen molar-refractivity contribution in [2.24, 2.45) is 10.9 Å². The Morgan fingerprint density at radius 1 is 1.32 bits per heavy atom. The highest BCUT2D eigenvalue weighted by Crippen LogP contribution is 2.36. The van der Waals surface area contributed by atoms with Gasteiger partial charge < -0.3 is 19.5 Å². The number of aliphatic imine (C=N–C) groups is 1. The van der Waals surface area contributed by atoms with Gasteiger partial charge in [0.15, 0.2) is 0 Å². The first-order chi connectivity index (χ1) is 18.5. The third-order valence-electron chi connectivity index (χ3n) is 7.68. The molecule has 2 atom stereocenters. The van der Waals surface area contributed by atoms with Crippen molar-refractivity contribution in [3.63, 3.8) is 0 Å². The number of carbonyl (C=O) groups is 2. The summed E-state index contributed by atoms with van der Waals surface area (Å²) in [7, 11) is 0. The van der Waals surface area contributed by atoms with Crippen molar-refractivity contribution in [2.75, 3.05) is 50.4 Å². The molecule has 0 bridgehead atoms. The monoisotopic (exact) mass is 538 g/mol. The predicted octanol–water partition coefficient (Wildman–Crippen LogP) is 3.33. The molecule has 2 amide bonds. The zero-order chi connectivity index (χ0) is 26.5. The molecule has 4 aliphatic rings. The molecule has 5 rings (SSSR count). The van der Waals surface area contributed by atoms with Gasteiger partial charge in [0.2, 0.25) is 11.9 Å². The molecule has 1 aromatic rings. The van der Waals surface area contributed by atoms with E-state index in [1.165, 1.54) is 5.57 Å². The van der Waals surface area contributed by atoms with Crippen LogP contribution in [0.2, 0.25) is 0 Å². The summed E-state index contributed by atoms with van der Waals surface area (Å²) in [5, 5.41) is 3.96. The van der Waals surface area contributed by atoms with E-state index in [1.54, 1.807) is 11.8 Å². The molecule has 38 heavy (non-hydrogen) atoms. The summed E-state index contributed by atoms with van der Waals surface area (Å²) >= 11 is 1.67. The zero-order valence-electron chi connectivity index (χ0n) is 22.2. The largest absolute Gasteiger partial charge is 0.493 e. The Morgan fingerprint density at radius 3 is 2.95 bits per heavy atom. The number of aromatic nitrogens is 2. The lowest BCUT2D eigenvalue weighted by molar-refractivity contribution is -0.133. The van der Waals surface area contributed by atoms with Crippen LogP contribution in [0.25, 0.3) is 0 Å². The molecule has 0 radical (unpaired) electrons. The van der Waals surface area contributed by atoms with Crippen molar-refractivity contribution >= 4 is 34.6 Å². The van der Waals surface area contributed by atoms with Crippen molar-refractivity contribution in [1.82, 2.24) is 19.8 Å². The maximum atomic E-state index is 13.0. The number of ether oxygens (including phenoxy) is 1.